The van der Waals surface area contributed by atoms with Crippen LogP contribution < -0.4 is 0 Å². The third-order valence-electron chi connectivity index (χ3n) is 12.0. The van der Waals surface area contributed by atoms with Crippen LogP contribution in [0.25, 0.3) is 0 Å². The summed E-state index contributed by atoms with van der Waals surface area (Å²) in [5.41, 5.74) is 2.62. The van der Waals surface area contributed by atoms with Crippen LogP contribution in [0.15, 0.2) is 23.8 Å². The molecule has 4 rings (SSSR count). The minimum Gasteiger partial charge on any atom is -0.481 e. The lowest BCUT2D eigenvalue weighted by Crippen LogP contribution is -2.54. The Kier molecular flexibility index (Phi) is 6.72. The van der Waals surface area contributed by atoms with Crippen molar-refractivity contribution in [2.45, 2.75) is 98.3 Å². The van der Waals surface area contributed by atoms with Crippen LogP contribution in [0.5, 0.6) is 0 Å². The Balaban J connectivity index is 1.59. The first kappa shape index (κ1) is 25.7. The molecule has 0 heterocycles. The molecule has 190 valence electrons. The maximum atomic E-state index is 11.6. The Morgan fingerprint density at radius 3 is 2.53 bits per heavy atom. The predicted octanol–water partition coefficient (Wildman–Crippen LogP) is 6.58. The summed E-state index contributed by atoms with van der Waals surface area (Å²) < 4.78 is 0. The van der Waals surface area contributed by atoms with E-state index in [1.807, 2.05) is 6.92 Å². The molecule has 4 aliphatic rings. The summed E-state index contributed by atoms with van der Waals surface area (Å²) in [6.45, 7) is 13.7. The molecule has 34 heavy (non-hydrogen) atoms. The summed E-state index contributed by atoms with van der Waals surface area (Å²) in [4.78, 5) is 22.5. The molecule has 8 atom stereocenters. The summed E-state index contributed by atoms with van der Waals surface area (Å²) in [5.74, 6) is 1.55. The summed E-state index contributed by atoms with van der Waals surface area (Å²) in [6.07, 6.45) is 14.5. The third kappa shape index (κ3) is 3.57. The monoisotopic (exact) mass is 470 g/mol. The van der Waals surface area contributed by atoms with Gasteiger partial charge in [-0.2, -0.15) is 0 Å². The number of carbonyl (C=O) groups is 2. The highest BCUT2D eigenvalue weighted by Gasteiger charge is 2.80. The molecule has 4 aliphatic carbocycles. The van der Waals surface area contributed by atoms with Crippen LogP contribution in [-0.2, 0) is 9.59 Å². The molecule has 0 aromatic rings. The lowest BCUT2D eigenvalue weighted by molar-refractivity contribution is -0.139. The van der Waals surface area contributed by atoms with Crippen molar-refractivity contribution in [2.24, 2.45) is 45.3 Å². The van der Waals surface area contributed by atoms with Gasteiger partial charge in [0.2, 0.25) is 0 Å². The largest absolute Gasteiger partial charge is 0.481 e. The number of aliphatic hydroxyl groups is 1. The van der Waals surface area contributed by atoms with Crippen LogP contribution in [-0.4, -0.2) is 29.1 Å². The Morgan fingerprint density at radius 1 is 1.15 bits per heavy atom. The van der Waals surface area contributed by atoms with Crippen molar-refractivity contribution >= 4 is 12.3 Å². The number of carboxylic acids is 1. The number of aliphatic hydroxyl groups excluding tert-OH is 1. The van der Waals surface area contributed by atoms with Gasteiger partial charge in [-0.15, -0.1) is 0 Å². The zero-order chi connectivity index (χ0) is 24.9. The molecule has 4 heteroatoms. The maximum Gasteiger partial charge on any atom is 0.303 e. The van der Waals surface area contributed by atoms with Crippen molar-refractivity contribution in [2.75, 3.05) is 6.61 Å². The molecule has 1 spiro atoms. The molecule has 0 aliphatic heterocycles. The zero-order valence-corrected chi connectivity index (χ0v) is 21.9. The first-order valence-electron chi connectivity index (χ1n) is 13.6. The van der Waals surface area contributed by atoms with Gasteiger partial charge in [-0.05, 0) is 128 Å². The van der Waals surface area contributed by atoms with Crippen LogP contribution in [0.4, 0.5) is 0 Å². The normalized spacial score (nSPS) is 43.9. The second-order valence-corrected chi connectivity index (χ2v) is 13.0. The molecule has 4 fully saturated rings. The van der Waals surface area contributed by atoms with Crippen LogP contribution in [0.1, 0.15) is 98.3 Å². The second kappa shape index (κ2) is 8.91. The van der Waals surface area contributed by atoms with E-state index >= 15 is 0 Å². The number of carbonyl (C=O) groups excluding carboxylic acids is 1. The van der Waals surface area contributed by atoms with Crippen LogP contribution in [0.3, 0.4) is 0 Å². The smallest absolute Gasteiger partial charge is 0.303 e. The fourth-order valence-corrected chi connectivity index (χ4v) is 10.1. The number of aldehydes is 1. The highest BCUT2D eigenvalue weighted by atomic mass is 16.4. The summed E-state index contributed by atoms with van der Waals surface area (Å²) in [7, 11) is 0. The lowest BCUT2D eigenvalue weighted by atomic mass is 9.43. The van der Waals surface area contributed by atoms with Gasteiger partial charge in [-0.1, -0.05) is 33.4 Å². The van der Waals surface area contributed by atoms with Gasteiger partial charge in [0.1, 0.15) is 6.29 Å². The van der Waals surface area contributed by atoms with Crippen molar-refractivity contribution < 1.29 is 19.8 Å². The quantitative estimate of drug-likeness (QED) is 0.215. The van der Waals surface area contributed by atoms with Crippen molar-refractivity contribution in [1.82, 2.24) is 0 Å². The van der Waals surface area contributed by atoms with Gasteiger partial charge in [0, 0.05) is 6.42 Å². The zero-order valence-electron chi connectivity index (χ0n) is 21.9. The van der Waals surface area contributed by atoms with E-state index in [1.54, 1.807) is 0 Å². The lowest BCUT2D eigenvalue weighted by Gasteiger charge is -2.61. The number of hydrogen-bond acceptors (Lipinski definition) is 3. The van der Waals surface area contributed by atoms with Gasteiger partial charge in [-0.3, -0.25) is 9.59 Å². The van der Waals surface area contributed by atoms with E-state index in [4.69, 9.17) is 0 Å². The maximum absolute atomic E-state index is 11.6. The van der Waals surface area contributed by atoms with E-state index in [-0.39, 0.29) is 35.2 Å². The average molecular weight is 471 g/mol. The number of rotatable bonds is 10. The van der Waals surface area contributed by atoms with Crippen molar-refractivity contribution in [3.8, 4) is 0 Å². The first-order chi connectivity index (χ1) is 16.0. The molecule has 4 nitrogen and oxygen atoms in total. The fourth-order valence-electron chi connectivity index (χ4n) is 10.1. The number of aliphatic carboxylic acids is 1. The number of fused-ring (bicyclic) bond motifs is 2. The van der Waals surface area contributed by atoms with Crippen molar-refractivity contribution in [3.63, 3.8) is 0 Å². The molecule has 0 bridgehead atoms. The topological polar surface area (TPSA) is 74.6 Å². The molecule has 0 aromatic heterocycles. The molecule has 0 amide bonds. The van der Waals surface area contributed by atoms with Crippen LogP contribution in [0.2, 0.25) is 0 Å². The summed E-state index contributed by atoms with van der Waals surface area (Å²) in [5, 5.41) is 19.4. The Labute approximate surface area is 206 Å². The minimum absolute atomic E-state index is 0.0207. The van der Waals surface area contributed by atoms with Gasteiger partial charge < -0.3 is 10.2 Å². The fraction of sp³-hybridized carbons (Fsp3) is 0.800. The molecule has 0 saturated heterocycles. The van der Waals surface area contributed by atoms with Crippen LogP contribution in [0, 0.1) is 45.3 Å². The molecule has 2 N–H and O–H groups in total. The molecule has 0 radical (unpaired) electrons. The number of carboxylic acid groups (broad SMARTS) is 1. The minimum atomic E-state index is -0.701. The predicted molar refractivity (Wildman–Crippen MR) is 135 cm³/mol. The van der Waals surface area contributed by atoms with E-state index in [0.29, 0.717) is 23.2 Å². The first-order valence-corrected chi connectivity index (χ1v) is 13.6. The Morgan fingerprint density at radius 2 is 1.88 bits per heavy atom. The Bertz CT molecular complexity index is 875. The van der Waals surface area contributed by atoms with E-state index in [1.165, 1.54) is 32.1 Å². The molecule has 4 saturated carbocycles. The highest BCUT2D eigenvalue weighted by Crippen LogP contribution is 2.87. The molecule has 4 unspecified atom stereocenters. The van der Waals surface area contributed by atoms with Crippen LogP contribution >= 0.6 is 0 Å². The highest BCUT2D eigenvalue weighted by molar-refractivity contribution is 5.71. The van der Waals surface area contributed by atoms with E-state index in [9.17, 15) is 19.8 Å². The number of allylic oxidation sites excluding steroid dienone is 2. The summed E-state index contributed by atoms with van der Waals surface area (Å²) in [6, 6.07) is 0. The van der Waals surface area contributed by atoms with E-state index < -0.39 is 5.97 Å². The van der Waals surface area contributed by atoms with Gasteiger partial charge in [-0.25, -0.2) is 0 Å². The standard InChI is InChI=1S/C30H46O4/c1-20(17-31)7-6-8-21(2)23-11-13-28(5)25-10-9-24(22(3)18-32)29(14-12-26(33)34)19-30(25,29)16-15-27(23,28)4/h7,17,21,23-25,32H,3,6,8-16,18-19H2,1-2,4-5H3,(H,33,34)/t21?,23?,24?,25?,27-,28+,29-,30+/m1/s1. The second-order valence-electron chi connectivity index (χ2n) is 13.0. The summed E-state index contributed by atoms with van der Waals surface area (Å²) >= 11 is 0. The SMILES string of the molecule is C=C(CO)C1CCC2[C@]3(CC[C@]4(C)C(C(C)CCC=C(C)C=O)CC[C@@]24C)C[C@]13CCC(=O)O. The molecular formula is C30H46O4. The van der Waals surface area contributed by atoms with Crippen molar-refractivity contribution in [1.29, 1.82) is 0 Å². The third-order valence-corrected chi connectivity index (χ3v) is 12.0. The Hall–Kier alpha value is -1.42. The van der Waals surface area contributed by atoms with E-state index in [0.717, 1.165) is 49.5 Å². The molecular weight excluding hydrogens is 424 g/mol. The van der Waals surface area contributed by atoms with Gasteiger partial charge >= 0.3 is 5.97 Å². The molecule has 0 aromatic carbocycles. The van der Waals surface area contributed by atoms with Crippen molar-refractivity contribution in [3.05, 3.63) is 23.8 Å². The van der Waals surface area contributed by atoms with Gasteiger partial charge in [0.15, 0.2) is 0 Å². The average Bonchev–Trinajstić information content (AvgIpc) is 3.40. The van der Waals surface area contributed by atoms with Gasteiger partial charge in [0.25, 0.3) is 0 Å². The van der Waals surface area contributed by atoms with Gasteiger partial charge in [0.05, 0.1) is 6.61 Å². The van der Waals surface area contributed by atoms with E-state index in [2.05, 4.69) is 33.4 Å². The number of hydrogen-bond donors (Lipinski definition) is 2.